The summed E-state index contributed by atoms with van der Waals surface area (Å²) in [5, 5.41) is 2.14. The van der Waals surface area contributed by atoms with E-state index in [9.17, 15) is 4.79 Å². The summed E-state index contributed by atoms with van der Waals surface area (Å²) >= 11 is 1.82. The Morgan fingerprint density at radius 1 is 1.30 bits per heavy atom. The molecule has 0 radical (unpaired) electrons. The van der Waals surface area contributed by atoms with Crippen LogP contribution >= 0.6 is 11.3 Å². The van der Waals surface area contributed by atoms with Gasteiger partial charge < -0.3 is 9.80 Å². The van der Waals surface area contributed by atoms with Crippen LogP contribution in [0.4, 0.5) is 5.82 Å². The Morgan fingerprint density at radius 2 is 2.19 bits per heavy atom. The maximum Gasteiger partial charge on any atom is 0.230 e. The molecule has 2 saturated heterocycles. The van der Waals surface area contributed by atoms with E-state index in [1.807, 2.05) is 43.8 Å². The molecule has 2 aromatic rings. The molecule has 4 rings (SSSR count). The third kappa shape index (κ3) is 3.60. The van der Waals surface area contributed by atoms with Crippen molar-refractivity contribution >= 4 is 23.1 Å². The van der Waals surface area contributed by atoms with Gasteiger partial charge in [0.25, 0.3) is 0 Å². The van der Waals surface area contributed by atoms with Gasteiger partial charge in [0.1, 0.15) is 5.82 Å². The van der Waals surface area contributed by atoms with Gasteiger partial charge in [-0.3, -0.25) is 9.69 Å². The average Bonchev–Trinajstić information content (AvgIpc) is 3.27. The summed E-state index contributed by atoms with van der Waals surface area (Å²) in [6.07, 6.45) is 3.86. The van der Waals surface area contributed by atoms with Crippen LogP contribution in [-0.4, -0.2) is 61.0 Å². The summed E-state index contributed by atoms with van der Waals surface area (Å²) in [7, 11) is 3.79. The zero-order chi connectivity index (χ0) is 18.9. The predicted molar refractivity (Wildman–Crippen MR) is 110 cm³/mol. The highest BCUT2D eigenvalue weighted by Crippen LogP contribution is 2.45. The number of nitrogens with zero attached hydrogens (tertiary/aromatic N) is 4. The topological polar surface area (TPSA) is 39.7 Å². The fourth-order valence-electron chi connectivity index (χ4n) is 4.79. The number of amides is 1. The number of pyridine rings is 1. The lowest BCUT2D eigenvalue weighted by molar-refractivity contribution is -0.141. The van der Waals surface area contributed by atoms with E-state index in [4.69, 9.17) is 0 Å². The normalized spacial score (nSPS) is 25.9. The predicted octanol–water partition coefficient (Wildman–Crippen LogP) is 2.95. The number of hydrogen-bond donors (Lipinski definition) is 0. The zero-order valence-corrected chi connectivity index (χ0v) is 17.0. The van der Waals surface area contributed by atoms with E-state index in [1.165, 1.54) is 4.88 Å². The van der Waals surface area contributed by atoms with Crippen LogP contribution in [0.2, 0.25) is 0 Å². The summed E-state index contributed by atoms with van der Waals surface area (Å²) in [5.74, 6) is 1.60. The van der Waals surface area contributed by atoms with Crippen molar-refractivity contribution < 1.29 is 4.79 Å². The summed E-state index contributed by atoms with van der Waals surface area (Å²) < 4.78 is 0. The molecular formula is C21H28N4OS. The molecule has 0 aliphatic carbocycles. The SMILES string of the molecule is CN(C)C(=O)[C@]12CCCN(Cc3cccs3)C[C@H]1CN(c1ccccn1)C2. The summed E-state index contributed by atoms with van der Waals surface area (Å²) in [6.45, 7) is 4.71. The van der Waals surface area contributed by atoms with Gasteiger partial charge >= 0.3 is 0 Å². The monoisotopic (exact) mass is 384 g/mol. The molecule has 144 valence electrons. The fraction of sp³-hybridized carbons (Fsp3) is 0.524. The van der Waals surface area contributed by atoms with Gasteiger partial charge in [-0.2, -0.15) is 0 Å². The summed E-state index contributed by atoms with van der Waals surface area (Å²) in [5.41, 5.74) is -0.300. The first-order valence-corrected chi connectivity index (χ1v) is 10.6. The van der Waals surface area contributed by atoms with Crippen LogP contribution in [0.25, 0.3) is 0 Å². The van der Waals surface area contributed by atoms with Crippen molar-refractivity contribution in [3.8, 4) is 0 Å². The van der Waals surface area contributed by atoms with Crippen molar-refractivity contribution in [2.45, 2.75) is 19.4 Å². The maximum atomic E-state index is 13.3. The largest absolute Gasteiger partial charge is 0.355 e. The van der Waals surface area contributed by atoms with Crippen LogP contribution in [-0.2, 0) is 11.3 Å². The first-order chi connectivity index (χ1) is 13.1. The van der Waals surface area contributed by atoms with Gasteiger partial charge in [-0.05, 0) is 43.0 Å². The van der Waals surface area contributed by atoms with Crippen LogP contribution in [0.1, 0.15) is 17.7 Å². The molecule has 6 heteroatoms. The second kappa shape index (κ2) is 7.60. The molecule has 2 aliphatic rings. The van der Waals surface area contributed by atoms with Crippen LogP contribution in [0, 0.1) is 11.3 Å². The molecule has 5 nitrogen and oxygen atoms in total. The Balaban J connectivity index is 1.60. The number of carbonyl (C=O) groups is 1. The molecule has 2 atom stereocenters. The van der Waals surface area contributed by atoms with Crippen LogP contribution in [0.3, 0.4) is 0 Å². The number of fused-ring (bicyclic) bond motifs is 1. The zero-order valence-electron chi connectivity index (χ0n) is 16.2. The standard InChI is InChI=1S/C21H28N4OS/c1-23(2)20(26)21-9-6-11-24(15-18-7-5-12-27-18)13-17(21)14-25(16-21)19-8-3-4-10-22-19/h3-5,7-8,10,12,17H,6,9,11,13-16H2,1-2H3/t17-,21-/m0/s1. The third-order valence-electron chi connectivity index (χ3n) is 6.04. The van der Waals surface area contributed by atoms with Crippen molar-refractivity contribution in [1.29, 1.82) is 0 Å². The van der Waals surface area contributed by atoms with E-state index in [0.717, 1.165) is 51.4 Å². The first kappa shape index (κ1) is 18.4. The van der Waals surface area contributed by atoms with Gasteiger partial charge in [-0.1, -0.05) is 12.1 Å². The summed E-state index contributed by atoms with van der Waals surface area (Å²) in [6, 6.07) is 10.4. The quantitative estimate of drug-likeness (QED) is 0.813. The highest BCUT2D eigenvalue weighted by Gasteiger charge is 2.53. The van der Waals surface area contributed by atoms with Gasteiger partial charge in [0.15, 0.2) is 0 Å². The number of aromatic nitrogens is 1. The van der Waals surface area contributed by atoms with E-state index in [0.29, 0.717) is 5.92 Å². The number of likely N-dealkylation sites (tertiary alicyclic amines) is 1. The lowest BCUT2D eigenvalue weighted by atomic mass is 9.74. The van der Waals surface area contributed by atoms with Crippen molar-refractivity contribution in [2.75, 3.05) is 45.2 Å². The number of hydrogen-bond acceptors (Lipinski definition) is 5. The van der Waals surface area contributed by atoms with Gasteiger partial charge in [0.05, 0.1) is 5.41 Å². The van der Waals surface area contributed by atoms with Crippen molar-refractivity contribution in [1.82, 2.24) is 14.8 Å². The van der Waals surface area contributed by atoms with Crippen LogP contribution in [0.5, 0.6) is 0 Å². The fourth-order valence-corrected chi connectivity index (χ4v) is 5.53. The number of anilines is 1. The average molecular weight is 385 g/mol. The number of thiophene rings is 1. The van der Waals surface area contributed by atoms with E-state index in [2.05, 4.69) is 38.4 Å². The highest BCUT2D eigenvalue weighted by molar-refractivity contribution is 7.09. The second-order valence-corrected chi connectivity index (χ2v) is 9.07. The molecule has 2 aliphatic heterocycles. The Bertz CT molecular complexity index is 764. The minimum absolute atomic E-state index is 0.281. The molecule has 1 amide bonds. The smallest absolute Gasteiger partial charge is 0.230 e. The van der Waals surface area contributed by atoms with Crippen LogP contribution in [0.15, 0.2) is 41.9 Å². The lowest BCUT2D eigenvalue weighted by Gasteiger charge is -2.34. The minimum Gasteiger partial charge on any atom is -0.355 e. The molecule has 0 saturated carbocycles. The molecular weight excluding hydrogens is 356 g/mol. The Kier molecular flexibility index (Phi) is 5.19. The molecule has 2 fully saturated rings. The second-order valence-electron chi connectivity index (χ2n) is 8.04. The molecule has 0 N–H and O–H groups in total. The van der Waals surface area contributed by atoms with E-state index >= 15 is 0 Å². The van der Waals surface area contributed by atoms with E-state index in [-0.39, 0.29) is 11.3 Å². The molecule has 4 heterocycles. The number of carbonyl (C=O) groups excluding carboxylic acids is 1. The van der Waals surface area contributed by atoms with Gasteiger partial charge in [-0.15, -0.1) is 11.3 Å². The lowest BCUT2D eigenvalue weighted by Crippen LogP contribution is -2.47. The molecule has 27 heavy (non-hydrogen) atoms. The number of rotatable bonds is 4. The summed E-state index contributed by atoms with van der Waals surface area (Å²) in [4.78, 5) is 25.9. The van der Waals surface area contributed by atoms with Gasteiger partial charge in [0, 0.05) is 57.3 Å². The Hall–Kier alpha value is -1.92. The van der Waals surface area contributed by atoms with Crippen molar-refractivity contribution in [3.63, 3.8) is 0 Å². The molecule has 0 aromatic carbocycles. The van der Waals surface area contributed by atoms with Crippen LogP contribution < -0.4 is 4.90 Å². The van der Waals surface area contributed by atoms with E-state index < -0.39 is 0 Å². The van der Waals surface area contributed by atoms with Crippen molar-refractivity contribution in [2.24, 2.45) is 11.3 Å². The highest BCUT2D eigenvalue weighted by atomic mass is 32.1. The van der Waals surface area contributed by atoms with Crippen molar-refractivity contribution in [3.05, 3.63) is 46.8 Å². The molecule has 2 aromatic heterocycles. The third-order valence-corrected chi connectivity index (χ3v) is 6.90. The molecule has 0 bridgehead atoms. The Morgan fingerprint density at radius 3 is 2.89 bits per heavy atom. The van der Waals surface area contributed by atoms with E-state index in [1.54, 1.807) is 4.90 Å². The molecule has 0 spiro atoms. The van der Waals surface area contributed by atoms with Gasteiger partial charge in [-0.25, -0.2) is 4.98 Å². The van der Waals surface area contributed by atoms with Gasteiger partial charge in [0.2, 0.25) is 5.91 Å². The Labute approximate surface area is 165 Å². The first-order valence-electron chi connectivity index (χ1n) is 9.71. The maximum absolute atomic E-state index is 13.3. The minimum atomic E-state index is -0.300. The molecule has 0 unspecified atom stereocenters.